The van der Waals surface area contributed by atoms with Crippen LogP contribution >= 0.6 is 0 Å². The van der Waals surface area contributed by atoms with Crippen molar-refractivity contribution in [2.75, 3.05) is 0 Å². The van der Waals surface area contributed by atoms with Crippen LogP contribution in [0.25, 0.3) is 0 Å². The van der Waals surface area contributed by atoms with Gasteiger partial charge in [-0.3, -0.25) is 9.59 Å². The van der Waals surface area contributed by atoms with Crippen LogP contribution in [0.5, 0.6) is 0 Å². The fourth-order valence-corrected chi connectivity index (χ4v) is 2.82. The fraction of sp³-hybridized carbons (Fsp3) is 0.571. The second-order valence-corrected chi connectivity index (χ2v) is 7.20. The van der Waals surface area contributed by atoms with E-state index in [-0.39, 0.29) is 12.8 Å². The van der Waals surface area contributed by atoms with Crippen LogP contribution in [0.4, 0.5) is 4.39 Å². The molecule has 1 aromatic carbocycles. The van der Waals surface area contributed by atoms with Gasteiger partial charge in [0.1, 0.15) is 6.04 Å². The fourth-order valence-electron chi connectivity index (χ4n) is 2.82. The number of amides is 2. The van der Waals surface area contributed by atoms with Gasteiger partial charge in [-0.15, -0.1) is 0 Å². The summed E-state index contributed by atoms with van der Waals surface area (Å²) in [7, 11) is 0. The molecule has 0 unspecified atom stereocenters. The van der Waals surface area contributed by atoms with Crippen molar-refractivity contribution in [1.82, 2.24) is 10.6 Å². The number of carbonyl (C=O) groups excluding carboxylic acids is 2. The van der Waals surface area contributed by atoms with Crippen molar-refractivity contribution in [3.63, 3.8) is 0 Å². The van der Waals surface area contributed by atoms with Crippen LogP contribution in [0.2, 0.25) is 0 Å². The molecule has 162 valence electrons. The van der Waals surface area contributed by atoms with Gasteiger partial charge in [0.2, 0.25) is 11.8 Å². The SMILES string of the molecule is CCCC[C@H](N)C(=O)N[C@@H](Cc1ccccc1)C(=O)N[C@@](F)(CCCC)C(=O)O. The van der Waals surface area contributed by atoms with Gasteiger partial charge < -0.3 is 21.5 Å². The molecule has 0 spiro atoms. The standard InChI is InChI=1S/C21H32FN3O4/c1-3-5-12-16(23)18(26)24-17(14-15-10-8-7-9-11-15)19(27)25-21(22,20(28)29)13-6-4-2/h7-11,16-17H,3-6,12-14,23H2,1-2H3,(H,24,26)(H,25,27)(H,28,29)/t16-,17-,21-/m0/s1. The van der Waals surface area contributed by atoms with Crippen molar-refractivity contribution in [3.8, 4) is 0 Å². The van der Waals surface area contributed by atoms with Crippen LogP contribution in [-0.4, -0.2) is 40.8 Å². The zero-order valence-electron chi connectivity index (χ0n) is 17.1. The molecular weight excluding hydrogens is 377 g/mol. The van der Waals surface area contributed by atoms with E-state index in [9.17, 15) is 23.9 Å². The number of hydrogen-bond donors (Lipinski definition) is 4. The van der Waals surface area contributed by atoms with Crippen LogP contribution in [0, 0.1) is 0 Å². The Morgan fingerprint density at radius 1 is 1.10 bits per heavy atom. The first-order valence-corrected chi connectivity index (χ1v) is 10.1. The number of carboxylic acid groups (broad SMARTS) is 1. The number of aliphatic carboxylic acids is 1. The molecule has 0 aromatic heterocycles. The average molecular weight is 410 g/mol. The number of carbonyl (C=O) groups is 3. The minimum Gasteiger partial charge on any atom is -0.477 e. The van der Waals surface area contributed by atoms with E-state index in [0.29, 0.717) is 19.3 Å². The van der Waals surface area contributed by atoms with Gasteiger partial charge in [-0.1, -0.05) is 63.4 Å². The molecule has 0 aliphatic rings. The summed E-state index contributed by atoms with van der Waals surface area (Å²) >= 11 is 0. The zero-order chi connectivity index (χ0) is 21.9. The molecule has 0 radical (unpaired) electrons. The lowest BCUT2D eigenvalue weighted by molar-refractivity contribution is -0.157. The zero-order valence-corrected chi connectivity index (χ0v) is 17.1. The van der Waals surface area contributed by atoms with Gasteiger partial charge in [-0.2, -0.15) is 0 Å². The van der Waals surface area contributed by atoms with E-state index in [1.165, 1.54) is 0 Å². The summed E-state index contributed by atoms with van der Waals surface area (Å²) in [6, 6.07) is 6.94. The molecule has 1 aromatic rings. The van der Waals surface area contributed by atoms with Crippen LogP contribution < -0.4 is 16.4 Å². The molecule has 1 rings (SSSR count). The number of benzene rings is 1. The van der Waals surface area contributed by atoms with E-state index in [1.54, 1.807) is 37.3 Å². The maximum absolute atomic E-state index is 14.8. The van der Waals surface area contributed by atoms with Gasteiger partial charge >= 0.3 is 5.97 Å². The minimum absolute atomic E-state index is 0.0857. The van der Waals surface area contributed by atoms with Gasteiger partial charge in [0, 0.05) is 12.8 Å². The van der Waals surface area contributed by atoms with Crippen LogP contribution in [0.15, 0.2) is 30.3 Å². The third-order valence-electron chi connectivity index (χ3n) is 4.66. The van der Waals surface area contributed by atoms with Gasteiger partial charge in [0.15, 0.2) is 0 Å². The summed E-state index contributed by atoms with van der Waals surface area (Å²) in [5.41, 5.74) is 6.61. The van der Waals surface area contributed by atoms with E-state index >= 15 is 0 Å². The molecular formula is C21H32FN3O4. The number of rotatable bonds is 13. The second kappa shape index (κ2) is 12.2. The van der Waals surface area contributed by atoms with Crippen LogP contribution in [0.1, 0.15) is 57.9 Å². The Hall–Kier alpha value is -2.48. The molecule has 5 N–H and O–H groups in total. The maximum Gasteiger partial charge on any atom is 0.362 e. The van der Waals surface area contributed by atoms with E-state index in [0.717, 1.165) is 18.4 Å². The highest BCUT2D eigenvalue weighted by molar-refractivity contribution is 5.92. The molecule has 0 heterocycles. The molecule has 0 fully saturated rings. The normalized spacial score (nSPS) is 15.0. The summed E-state index contributed by atoms with van der Waals surface area (Å²) in [5, 5.41) is 13.8. The molecule has 2 amide bonds. The Morgan fingerprint density at radius 3 is 2.28 bits per heavy atom. The van der Waals surface area contributed by atoms with E-state index in [1.807, 2.05) is 12.2 Å². The van der Waals surface area contributed by atoms with E-state index < -0.39 is 35.7 Å². The molecule has 0 aliphatic heterocycles. The Bertz CT molecular complexity index is 671. The Labute approximate surface area is 171 Å². The number of unbranched alkanes of at least 4 members (excludes halogenated alkanes) is 2. The molecule has 0 aliphatic carbocycles. The first kappa shape index (κ1) is 24.6. The number of hydrogen-bond acceptors (Lipinski definition) is 4. The third-order valence-corrected chi connectivity index (χ3v) is 4.66. The summed E-state index contributed by atoms with van der Waals surface area (Å²) in [5.74, 6) is -6.07. The highest BCUT2D eigenvalue weighted by Gasteiger charge is 2.41. The van der Waals surface area contributed by atoms with Crippen molar-refractivity contribution in [1.29, 1.82) is 0 Å². The Kier molecular flexibility index (Phi) is 10.3. The summed E-state index contributed by atoms with van der Waals surface area (Å²) in [4.78, 5) is 36.5. The van der Waals surface area contributed by atoms with Gasteiger partial charge in [0.05, 0.1) is 6.04 Å². The van der Waals surface area contributed by atoms with Crippen molar-refractivity contribution >= 4 is 17.8 Å². The second-order valence-electron chi connectivity index (χ2n) is 7.20. The largest absolute Gasteiger partial charge is 0.477 e. The molecule has 0 saturated carbocycles. The lowest BCUT2D eigenvalue weighted by Gasteiger charge is -2.26. The van der Waals surface area contributed by atoms with Crippen molar-refractivity contribution in [3.05, 3.63) is 35.9 Å². The first-order chi connectivity index (χ1) is 13.7. The number of carboxylic acids is 1. The summed E-state index contributed by atoms with van der Waals surface area (Å²) < 4.78 is 14.8. The summed E-state index contributed by atoms with van der Waals surface area (Å²) in [6.07, 6.45) is 2.69. The van der Waals surface area contributed by atoms with E-state index in [2.05, 4.69) is 5.32 Å². The predicted octanol–water partition coefficient (Wildman–Crippen LogP) is 2.29. The molecule has 0 saturated heterocycles. The maximum atomic E-state index is 14.8. The van der Waals surface area contributed by atoms with Crippen molar-refractivity contribution in [2.45, 2.75) is 76.7 Å². The van der Waals surface area contributed by atoms with Crippen LogP contribution in [-0.2, 0) is 20.8 Å². The molecule has 7 nitrogen and oxygen atoms in total. The number of nitrogens with two attached hydrogens (primary N) is 1. The smallest absolute Gasteiger partial charge is 0.362 e. The van der Waals surface area contributed by atoms with Gasteiger partial charge in [-0.25, -0.2) is 9.18 Å². The van der Waals surface area contributed by atoms with Crippen LogP contribution in [0.3, 0.4) is 0 Å². The molecule has 8 heteroatoms. The topological polar surface area (TPSA) is 122 Å². The lowest BCUT2D eigenvalue weighted by atomic mass is 10.0. The summed E-state index contributed by atoms with van der Waals surface area (Å²) in [6.45, 7) is 3.76. The molecule has 29 heavy (non-hydrogen) atoms. The predicted molar refractivity (Wildman–Crippen MR) is 109 cm³/mol. The molecule has 3 atom stereocenters. The molecule has 0 bridgehead atoms. The number of nitrogens with one attached hydrogen (secondary N) is 2. The minimum atomic E-state index is -2.89. The quantitative estimate of drug-likeness (QED) is 0.373. The van der Waals surface area contributed by atoms with Gasteiger partial charge in [-0.05, 0) is 18.4 Å². The van der Waals surface area contributed by atoms with E-state index in [4.69, 9.17) is 5.73 Å². The number of halogens is 1. The highest BCUT2D eigenvalue weighted by Crippen LogP contribution is 2.18. The highest BCUT2D eigenvalue weighted by atomic mass is 19.1. The van der Waals surface area contributed by atoms with Gasteiger partial charge in [0.25, 0.3) is 5.79 Å². The first-order valence-electron chi connectivity index (χ1n) is 10.1. The number of alkyl halides is 1. The Morgan fingerprint density at radius 2 is 1.72 bits per heavy atom. The van der Waals surface area contributed by atoms with Crippen molar-refractivity contribution in [2.24, 2.45) is 5.73 Å². The average Bonchev–Trinajstić information content (AvgIpc) is 2.70. The van der Waals surface area contributed by atoms with Crippen molar-refractivity contribution < 1.29 is 23.9 Å². The third kappa shape index (κ3) is 8.19. The Balaban J connectivity index is 2.97. The monoisotopic (exact) mass is 409 g/mol. The lowest BCUT2D eigenvalue weighted by Crippen LogP contribution is -2.59.